The average Bonchev–Trinajstić information content (AvgIpc) is 3.57. The van der Waals surface area contributed by atoms with Crippen molar-refractivity contribution in [2.45, 2.75) is 25.4 Å². The zero-order chi connectivity index (χ0) is 20.2. The first-order valence-electron chi connectivity index (χ1n) is 9.71. The van der Waals surface area contributed by atoms with Gasteiger partial charge in [0, 0.05) is 49.1 Å². The number of anilines is 2. The first-order valence-corrected chi connectivity index (χ1v) is 9.71. The summed E-state index contributed by atoms with van der Waals surface area (Å²) in [5.41, 5.74) is 1.49. The molecule has 0 bridgehead atoms. The molecule has 2 N–H and O–H groups in total. The molecule has 29 heavy (non-hydrogen) atoms. The number of morpholine rings is 1. The molecule has 9 heteroatoms. The molecule has 1 amide bonds. The second-order valence-corrected chi connectivity index (χ2v) is 7.18. The topological polar surface area (TPSA) is 110 Å². The summed E-state index contributed by atoms with van der Waals surface area (Å²) in [7, 11) is 0. The maximum atomic E-state index is 12.2. The van der Waals surface area contributed by atoms with Gasteiger partial charge >= 0.3 is 0 Å². The molecule has 2 fully saturated rings. The summed E-state index contributed by atoms with van der Waals surface area (Å²) < 4.78 is 5.40. The van der Waals surface area contributed by atoms with Crippen LogP contribution in [-0.2, 0) is 11.3 Å². The van der Waals surface area contributed by atoms with E-state index in [4.69, 9.17) is 4.74 Å². The maximum absolute atomic E-state index is 12.2. The molecule has 0 atom stereocenters. The average molecular weight is 397 g/mol. The molecule has 1 aromatic heterocycles. The Morgan fingerprint density at radius 3 is 2.79 bits per heavy atom. The Hall–Kier alpha value is -3.20. The smallest absolute Gasteiger partial charge is 0.293 e. The minimum Gasteiger partial charge on any atom is -0.378 e. The monoisotopic (exact) mass is 397 g/mol. The van der Waals surface area contributed by atoms with E-state index in [0.29, 0.717) is 31.0 Å². The van der Waals surface area contributed by atoms with E-state index in [0.717, 1.165) is 37.3 Å². The van der Waals surface area contributed by atoms with Crippen LogP contribution in [0.2, 0.25) is 0 Å². The van der Waals surface area contributed by atoms with E-state index in [1.54, 1.807) is 18.3 Å². The van der Waals surface area contributed by atoms with Crippen molar-refractivity contribution in [3.05, 3.63) is 57.8 Å². The summed E-state index contributed by atoms with van der Waals surface area (Å²) in [6, 6.07) is 8.52. The summed E-state index contributed by atoms with van der Waals surface area (Å²) >= 11 is 0. The molecular weight excluding hydrogens is 374 g/mol. The standard InChI is InChI=1S/C20H23N5O4/c26-20(23-16-4-5-16)14-3-6-17(18(12-14)25(27)28)22-13-15-2-1-7-21-19(15)24-8-10-29-11-9-24/h1-3,6-7,12,16,22H,4-5,8-11,13H2,(H,23,26). The highest BCUT2D eigenvalue weighted by Gasteiger charge is 2.25. The molecule has 0 unspecified atom stereocenters. The quantitative estimate of drug-likeness (QED) is 0.545. The highest BCUT2D eigenvalue weighted by atomic mass is 16.6. The van der Waals surface area contributed by atoms with Crippen molar-refractivity contribution in [1.29, 1.82) is 0 Å². The van der Waals surface area contributed by atoms with Gasteiger partial charge < -0.3 is 20.3 Å². The van der Waals surface area contributed by atoms with Gasteiger partial charge in [0.05, 0.1) is 18.1 Å². The number of benzene rings is 1. The molecule has 4 rings (SSSR count). The van der Waals surface area contributed by atoms with E-state index in [1.807, 2.05) is 12.1 Å². The Bertz CT molecular complexity index is 909. The van der Waals surface area contributed by atoms with E-state index in [-0.39, 0.29) is 17.6 Å². The Labute approximate surface area is 168 Å². The van der Waals surface area contributed by atoms with Crippen molar-refractivity contribution in [2.75, 3.05) is 36.5 Å². The van der Waals surface area contributed by atoms with Gasteiger partial charge in [0.2, 0.25) is 0 Å². The van der Waals surface area contributed by atoms with E-state index in [1.165, 1.54) is 6.07 Å². The van der Waals surface area contributed by atoms with Crippen LogP contribution in [0.25, 0.3) is 0 Å². The number of carbonyl (C=O) groups excluding carboxylic acids is 1. The van der Waals surface area contributed by atoms with Crippen LogP contribution in [0.1, 0.15) is 28.8 Å². The van der Waals surface area contributed by atoms with Gasteiger partial charge in [-0.2, -0.15) is 0 Å². The first kappa shape index (κ1) is 19.1. The number of nitrogens with zero attached hydrogens (tertiary/aromatic N) is 3. The van der Waals surface area contributed by atoms with Crippen LogP contribution in [0.4, 0.5) is 17.2 Å². The number of carbonyl (C=O) groups is 1. The third-order valence-electron chi connectivity index (χ3n) is 5.02. The first-order chi connectivity index (χ1) is 14.1. The van der Waals surface area contributed by atoms with Crippen molar-refractivity contribution >= 4 is 23.1 Å². The van der Waals surface area contributed by atoms with Crippen molar-refractivity contribution in [3.63, 3.8) is 0 Å². The third kappa shape index (κ3) is 4.62. The van der Waals surface area contributed by atoms with Gasteiger partial charge in [0.25, 0.3) is 11.6 Å². The minimum absolute atomic E-state index is 0.120. The Kier molecular flexibility index (Phi) is 5.57. The summed E-state index contributed by atoms with van der Waals surface area (Å²) in [4.78, 5) is 29.9. The van der Waals surface area contributed by atoms with Crippen LogP contribution in [0, 0.1) is 10.1 Å². The molecule has 1 aliphatic carbocycles. The molecule has 2 heterocycles. The number of amides is 1. The lowest BCUT2D eigenvalue weighted by atomic mass is 10.1. The predicted molar refractivity (Wildman–Crippen MR) is 108 cm³/mol. The fourth-order valence-electron chi connectivity index (χ4n) is 3.29. The molecule has 1 aliphatic heterocycles. The lowest BCUT2D eigenvalue weighted by molar-refractivity contribution is -0.384. The van der Waals surface area contributed by atoms with Gasteiger partial charge in [-0.25, -0.2) is 4.98 Å². The summed E-state index contributed by atoms with van der Waals surface area (Å²) in [6.07, 6.45) is 3.66. The lowest BCUT2D eigenvalue weighted by Gasteiger charge is -2.29. The predicted octanol–water partition coefficient (Wildman–Crippen LogP) is 2.33. The van der Waals surface area contributed by atoms with Crippen LogP contribution < -0.4 is 15.5 Å². The zero-order valence-corrected chi connectivity index (χ0v) is 16.0. The molecule has 152 valence electrons. The fraction of sp³-hybridized carbons (Fsp3) is 0.400. The number of pyridine rings is 1. The van der Waals surface area contributed by atoms with Crippen LogP contribution >= 0.6 is 0 Å². The number of rotatable bonds is 7. The molecule has 2 aromatic rings. The Morgan fingerprint density at radius 1 is 1.28 bits per heavy atom. The van der Waals surface area contributed by atoms with Crippen LogP contribution in [0.5, 0.6) is 0 Å². The third-order valence-corrected chi connectivity index (χ3v) is 5.02. The maximum Gasteiger partial charge on any atom is 0.293 e. The van der Waals surface area contributed by atoms with Gasteiger partial charge in [-0.1, -0.05) is 6.07 Å². The lowest BCUT2D eigenvalue weighted by Crippen LogP contribution is -2.37. The summed E-state index contributed by atoms with van der Waals surface area (Å²) in [5, 5.41) is 17.5. The second kappa shape index (κ2) is 8.44. The van der Waals surface area contributed by atoms with Gasteiger partial charge in [0.15, 0.2) is 0 Å². The molecule has 9 nitrogen and oxygen atoms in total. The van der Waals surface area contributed by atoms with Gasteiger partial charge in [-0.15, -0.1) is 0 Å². The molecule has 1 saturated carbocycles. The van der Waals surface area contributed by atoms with Crippen molar-refractivity contribution in [2.24, 2.45) is 0 Å². The van der Waals surface area contributed by atoms with Crippen molar-refractivity contribution in [3.8, 4) is 0 Å². The van der Waals surface area contributed by atoms with Gasteiger partial charge in [0.1, 0.15) is 11.5 Å². The highest BCUT2D eigenvalue weighted by molar-refractivity contribution is 5.96. The van der Waals surface area contributed by atoms with E-state index >= 15 is 0 Å². The van der Waals surface area contributed by atoms with Gasteiger partial charge in [-0.3, -0.25) is 14.9 Å². The fourth-order valence-corrected chi connectivity index (χ4v) is 3.29. The minimum atomic E-state index is -0.470. The van der Waals surface area contributed by atoms with Crippen molar-refractivity contribution < 1.29 is 14.5 Å². The number of aromatic nitrogens is 1. The number of hydrogen-bond donors (Lipinski definition) is 2. The molecule has 0 spiro atoms. The summed E-state index contributed by atoms with van der Waals surface area (Å²) in [5.74, 6) is 0.579. The highest BCUT2D eigenvalue weighted by Crippen LogP contribution is 2.28. The van der Waals surface area contributed by atoms with Gasteiger partial charge in [-0.05, 0) is 31.0 Å². The van der Waals surface area contributed by atoms with Crippen molar-refractivity contribution in [1.82, 2.24) is 10.3 Å². The van der Waals surface area contributed by atoms with Crippen LogP contribution in [0.15, 0.2) is 36.5 Å². The van der Waals surface area contributed by atoms with Crippen LogP contribution in [-0.4, -0.2) is 48.2 Å². The van der Waals surface area contributed by atoms with E-state index in [9.17, 15) is 14.9 Å². The number of nitrogens with one attached hydrogen (secondary N) is 2. The normalized spacial score (nSPS) is 16.3. The van der Waals surface area contributed by atoms with Crippen LogP contribution in [0.3, 0.4) is 0 Å². The number of hydrogen-bond acceptors (Lipinski definition) is 7. The Morgan fingerprint density at radius 2 is 2.07 bits per heavy atom. The number of nitro groups is 1. The second-order valence-electron chi connectivity index (χ2n) is 7.18. The Balaban J connectivity index is 1.50. The molecule has 2 aliphatic rings. The molecular formula is C20H23N5O4. The summed E-state index contributed by atoms with van der Waals surface area (Å²) in [6.45, 7) is 3.21. The largest absolute Gasteiger partial charge is 0.378 e. The molecule has 0 radical (unpaired) electrons. The SMILES string of the molecule is O=C(NC1CC1)c1ccc(NCc2cccnc2N2CCOCC2)c([N+](=O)[O-])c1. The molecule has 1 saturated heterocycles. The number of nitro benzene ring substituents is 1. The number of ether oxygens (including phenoxy) is 1. The van der Waals surface area contributed by atoms with E-state index in [2.05, 4.69) is 20.5 Å². The van der Waals surface area contributed by atoms with E-state index < -0.39 is 4.92 Å². The zero-order valence-electron chi connectivity index (χ0n) is 16.0. The molecule has 1 aromatic carbocycles.